The molecule has 6 heteroatoms. The molecule has 2 atom stereocenters. The predicted molar refractivity (Wildman–Crippen MR) is 99.0 cm³/mol. The van der Waals surface area contributed by atoms with Crippen molar-refractivity contribution in [3.63, 3.8) is 0 Å². The molecule has 0 aromatic heterocycles. The Kier molecular flexibility index (Phi) is 7.55. The molecule has 146 valence electrons. The fourth-order valence-corrected chi connectivity index (χ4v) is 3.98. The van der Waals surface area contributed by atoms with E-state index in [1.807, 2.05) is 24.3 Å². The van der Waals surface area contributed by atoms with Gasteiger partial charge in [-0.15, -0.1) is 0 Å². The molecule has 4 N–H and O–H groups in total. The molecule has 2 fully saturated rings. The van der Waals surface area contributed by atoms with Crippen LogP contribution in [0.3, 0.4) is 0 Å². The van der Waals surface area contributed by atoms with Crippen molar-refractivity contribution in [3.05, 3.63) is 24.3 Å². The molecule has 0 spiro atoms. The van der Waals surface area contributed by atoms with Crippen LogP contribution < -0.4 is 19.3 Å². The highest BCUT2D eigenvalue weighted by molar-refractivity contribution is 5.32. The van der Waals surface area contributed by atoms with Gasteiger partial charge in [0.1, 0.15) is 50.0 Å². The van der Waals surface area contributed by atoms with Gasteiger partial charge in [0.15, 0.2) is 0 Å². The molecule has 1 aromatic rings. The number of nitrogens with one attached hydrogen (secondary N) is 2. The number of likely N-dealkylation sites (tertiary alicyclic amines) is 2. The maximum Gasteiger partial charge on any atom is 0.137 e. The molecular weight excluding hydrogens is 332 g/mol. The summed E-state index contributed by atoms with van der Waals surface area (Å²) in [5.74, 6) is 1.38. The minimum absolute atomic E-state index is 0.300. The van der Waals surface area contributed by atoms with Crippen molar-refractivity contribution >= 4 is 0 Å². The Morgan fingerprint density at radius 2 is 1.19 bits per heavy atom. The molecule has 0 bridgehead atoms. The van der Waals surface area contributed by atoms with E-state index in [1.165, 1.54) is 35.5 Å². The van der Waals surface area contributed by atoms with Crippen LogP contribution in [0.4, 0.5) is 0 Å². The quantitative estimate of drug-likeness (QED) is 0.408. The summed E-state index contributed by atoms with van der Waals surface area (Å²) in [6.45, 7) is 6.72. The van der Waals surface area contributed by atoms with Gasteiger partial charge >= 0.3 is 0 Å². The van der Waals surface area contributed by atoms with Crippen molar-refractivity contribution in [1.29, 1.82) is 0 Å². The molecule has 0 saturated carbocycles. The van der Waals surface area contributed by atoms with E-state index in [4.69, 9.17) is 9.47 Å². The van der Waals surface area contributed by atoms with Crippen LogP contribution in [0.2, 0.25) is 0 Å². The normalized spacial score (nSPS) is 21.0. The zero-order chi connectivity index (χ0) is 18.2. The van der Waals surface area contributed by atoms with Crippen molar-refractivity contribution in [2.24, 2.45) is 0 Å². The first kappa shape index (κ1) is 19.4. The molecule has 0 unspecified atom stereocenters. The van der Waals surface area contributed by atoms with Gasteiger partial charge in [-0.25, -0.2) is 0 Å². The smallest absolute Gasteiger partial charge is 0.137 e. The number of ether oxygens (including phenoxy) is 2. The number of rotatable bonds is 10. The van der Waals surface area contributed by atoms with E-state index in [2.05, 4.69) is 0 Å². The summed E-state index contributed by atoms with van der Waals surface area (Å²) in [7, 11) is 0. The van der Waals surface area contributed by atoms with Gasteiger partial charge in [-0.05, 0) is 12.1 Å². The van der Waals surface area contributed by atoms with Crippen LogP contribution in [0.15, 0.2) is 24.3 Å². The monoisotopic (exact) mass is 366 g/mol. The van der Waals surface area contributed by atoms with E-state index in [-0.39, 0.29) is 0 Å². The molecule has 0 radical (unpaired) electrons. The van der Waals surface area contributed by atoms with E-state index in [0.29, 0.717) is 24.7 Å². The van der Waals surface area contributed by atoms with Gasteiger partial charge in [0.2, 0.25) is 0 Å². The van der Waals surface area contributed by atoms with Crippen LogP contribution in [0.1, 0.15) is 25.7 Å². The minimum atomic E-state index is -0.446. The fourth-order valence-electron chi connectivity index (χ4n) is 3.98. The van der Waals surface area contributed by atoms with Gasteiger partial charge in [0, 0.05) is 31.7 Å². The Balaban J connectivity index is 1.37. The average Bonchev–Trinajstić information content (AvgIpc) is 3.33. The number of hydrogen-bond donors (Lipinski definition) is 4. The minimum Gasteiger partial charge on any atom is -0.491 e. The molecule has 1 aromatic carbocycles. The molecule has 3 rings (SSSR count). The van der Waals surface area contributed by atoms with Crippen LogP contribution in [0, 0.1) is 0 Å². The van der Waals surface area contributed by atoms with Crippen LogP contribution in [0.5, 0.6) is 11.5 Å². The first-order valence-electron chi connectivity index (χ1n) is 10.1. The summed E-state index contributed by atoms with van der Waals surface area (Å²) in [5.41, 5.74) is 0. The van der Waals surface area contributed by atoms with Gasteiger partial charge in [-0.3, -0.25) is 0 Å². The zero-order valence-corrected chi connectivity index (χ0v) is 15.7. The lowest BCUT2D eigenvalue weighted by Gasteiger charge is -2.18. The van der Waals surface area contributed by atoms with Crippen molar-refractivity contribution in [1.82, 2.24) is 0 Å². The zero-order valence-electron chi connectivity index (χ0n) is 15.7. The third-order valence-corrected chi connectivity index (χ3v) is 5.36. The molecular formula is C20H34N2O4+2. The first-order valence-corrected chi connectivity index (χ1v) is 10.1. The Morgan fingerprint density at radius 3 is 1.62 bits per heavy atom. The van der Waals surface area contributed by atoms with E-state index < -0.39 is 12.2 Å². The maximum absolute atomic E-state index is 10.1. The Hall–Kier alpha value is -1.34. The van der Waals surface area contributed by atoms with Gasteiger partial charge in [0.05, 0.1) is 26.2 Å². The topological polar surface area (TPSA) is 67.8 Å². The van der Waals surface area contributed by atoms with Crippen LogP contribution in [0.25, 0.3) is 0 Å². The van der Waals surface area contributed by atoms with Gasteiger partial charge in [-0.1, -0.05) is 6.07 Å². The summed E-state index contributed by atoms with van der Waals surface area (Å²) in [5, 5.41) is 20.3. The molecule has 0 aliphatic carbocycles. The molecule has 6 nitrogen and oxygen atoms in total. The number of quaternary nitrogens is 2. The van der Waals surface area contributed by atoms with Crippen molar-refractivity contribution in [2.75, 3.05) is 52.5 Å². The SMILES string of the molecule is O[C@H](COc1cccc(OC[C@@H](O)C[NH+]2CCCC2)c1)C[NH+]1CCCC1. The lowest BCUT2D eigenvalue weighted by Crippen LogP contribution is -3.11. The highest BCUT2D eigenvalue weighted by Gasteiger charge is 2.21. The highest BCUT2D eigenvalue weighted by Crippen LogP contribution is 2.19. The number of aliphatic hydroxyl groups excluding tert-OH is 2. The number of hydrogen-bond acceptors (Lipinski definition) is 4. The summed E-state index contributed by atoms with van der Waals surface area (Å²) < 4.78 is 11.4. The Morgan fingerprint density at radius 1 is 0.769 bits per heavy atom. The molecule has 2 aliphatic rings. The lowest BCUT2D eigenvalue weighted by molar-refractivity contribution is -0.890. The van der Waals surface area contributed by atoms with Gasteiger partial charge in [0.25, 0.3) is 0 Å². The van der Waals surface area contributed by atoms with Crippen LogP contribution in [-0.2, 0) is 0 Å². The van der Waals surface area contributed by atoms with Gasteiger partial charge < -0.3 is 29.5 Å². The largest absolute Gasteiger partial charge is 0.491 e. The fraction of sp³-hybridized carbons (Fsp3) is 0.700. The van der Waals surface area contributed by atoms with Gasteiger partial charge in [-0.2, -0.15) is 0 Å². The van der Waals surface area contributed by atoms with E-state index in [1.54, 1.807) is 0 Å². The second-order valence-electron chi connectivity index (χ2n) is 7.73. The van der Waals surface area contributed by atoms with Crippen LogP contribution in [-0.4, -0.2) is 74.9 Å². The number of aliphatic hydroxyl groups is 2. The third-order valence-electron chi connectivity index (χ3n) is 5.36. The number of benzene rings is 1. The highest BCUT2D eigenvalue weighted by atomic mass is 16.5. The van der Waals surface area contributed by atoms with E-state index in [9.17, 15) is 10.2 Å². The third kappa shape index (κ3) is 6.43. The van der Waals surface area contributed by atoms with Crippen molar-refractivity contribution in [2.45, 2.75) is 37.9 Å². The first-order chi connectivity index (χ1) is 12.7. The second-order valence-corrected chi connectivity index (χ2v) is 7.73. The Bertz CT molecular complexity index is 487. The summed E-state index contributed by atoms with van der Waals surface area (Å²) >= 11 is 0. The lowest BCUT2D eigenvalue weighted by atomic mass is 10.3. The molecule has 26 heavy (non-hydrogen) atoms. The summed E-state index contributed by atoms with van der Waals surface area (Å²) in [6, 6.07) is 7.44. The Labute approximate surface area is 156 Å². The molecule has 2 heterocycles. The van der Waals surface area contributed by atoms with E-state index in [0.717, 1.165) is 39.3 Å². The predicted octanol–water partition coefficient (Wildman–Crippen LogP) is -1.48. The van der Waals surface area contributed by atoms with Crippen molar-refractivity contribution < 1.29 is 29.5 Å². The summed E-state index contributed by atoms with van der Waals surface area (Å²) in [4.78, 5) is 2.93. The van der Waals surface area contributed by atoms with Crippen LogP contribution >= 0.6 is 0 Å². The molecule has 2 saturated heterocycles. The van der Waals surface area contributed by atoms with Crippen molar-refractivity contribution in [3.8, 4) is 11.5 Å². The summed E-state index contributed by atoms with van der Waals surface area (Å²) in [6.07, 6.45) is 4.14. The second kappa shape index (κ2) is 10.1. The molecule has 0 amide bonds. The average molecular weight is 367 g/mol. The molecule has 2 aliphatic heterocycles. The maximum atomic E-state index is 10.1. The van der Waals surface area contributed by atoms with E-state index >= 15 is 0 Å². The standard InChI is InChI=1S/C20H32N2O4/c23-17(13-21-8-1-2-9-21)15-25-19-6-5-7-20(12-19)26-16-18(24)14-22-10-3-4-11-22/h5-7,12,17-18,23-24H,1-4,8-11,13-16H2/p+2/t17-,18-/m0/s1.